The topological polar surface area (TPSA) is 41.1 Å². The fourth-order valence-corrected chi connectivity index (χ4v) is 4.13. The first-order valence-electron chi connectivity index (χ1n) is 7.55. The summed E-state index contributed by atoms with van der Waals surface area (Å²) in [5, 5.41) is 5.81. The Morgan fingerprint density at radius 2 is 2.19 bits per heavy atom. The molecule has 114 valence electrons. The predicted molar refractivity (Wildman–Crippen MR) is 82.0 cm³/mol. The van der Waals surface area contributed by atoms with Crippen molar-refractivity contribution in [2.75, 3.05) is 5.32 Å². The number of carbonyl (C=O) groups is 1. The second-order valence-electron chi connectivity index (χ2n) is 6.35. The van der Waals surface area contributed by atoms with Gasteiger partial charge in [-0.25, -0.2) is 9.18 Å². The average molecular weight is 311 g/mol. The zero-order valence-corrected chi connectivity index (χ0v) is 12.8. The van der Waals surface area contributed by atoms with E-state index in [9.17, 15) is 9.18 Å². The van der Waals surface area contributed by atoms with Gasteiger partial charge in [-0.05, 0) is 62.1 Å². The molecule has 21 heavy (non-hydrogen) atoms. The number of amides is 2. The fraction of sp³-hybridized carbons (Fsp3) is 0.562. The Labute approximate surface area is 129 Å². The van der Waals surface area contributed by atoms with Gasteiger partial charge in [0.2, 0.25) is 0 Å². The van der Waals surface area contributed by atoms with Crippen LogP contribution in [0.25, 0.3) is 0 Å². The van der Waals surface area contributed by atoms with E-state index >= 15 is 0 Å². The lowest BCUT2D eigenvalue weighted by Crippen LogP contribution is -2.42. The molecule has 2 aliphatic carbocycles. The van der Waals surface area contributed by atoms with Gasteiger partial charge in [-0.3, -0.25) is 0 Å². The van der Waals surface area contributed by atoms with Crippen LogP contribution >= 0.6 is 11.6 Å². The summed E-state index contributed by atoms with van der Waals surface area (Å²) in [6.45, 7) is 2.04. The van der Waals surface area contributed by atoms with Gasteiger partial charge in [0.1, 0.15) is 5.82 Å². The molecule has 0 radical (unpaired) electrons. The van der Waals surface area contributed by atoms with Crippen molar-refractivity contribution in [3.05, 3.63) is 29.0 Å². The molecule has 5 heteroatoms. The summed E-state index contributed by atoms with van der Waals surface area (Å²) < 4.78 is 13.6. The number of urea groups is 1. The first-order valence-corrected chi connectivity index (χ1v) is 7.93. The highest BCUT2D eigenvalue weighted by molar-refractivity contribution is 6.30. The molecule has 1 aromatic carbocycles. The fourth-order valence-electron chi connectivity index (χ4n) is 3.97. The second-order valence-corrected chi connectivity index (χ2v) is 6.79. The third-order valence-electron chi connectivity index (χ3n) is 4.97. The minimum atomic E-state index is -0.523. The van der Waals surface area contributed by atoms with Gasteiger partial charge in [-0.15, -0.1) is 0 Å². The van der Waals surface area contributed by atoms with Crippen molar-refractivity contribution >= 4 is 23.3 Å². The summed E-state index contributed by atoms with van der Waals surface area (Å²) in [5.41, 5.74) is 0.150. The van der Waals surface area contributed by atoms with E-state index in [2.05, 4.69) is 10.6 Å². The quantitative estimate of drug-likeness (QED) is 0.852. The number of carbonyl (C=O) groups excluding carboxylic acids is 1. The molecule has 2 saturated carbocycles. The summed E-state index contributed by atoms with van der Waals surface area (Å²) in [6.07, 6.45) is 5.15. The molecule has 0 aromatic heterocycles. The number of nitrogens with one attached hydrogen (secondary N) is 2. The Morgan fingerprint density at radius 3 is 2.81 bits per heavy atom. The van der Waals surface area contributed by atoms with E-state index in [0.29, 0.717) is 10.9 Å². The largest absolute Gasteiger partial charge is 0.335 e. The van der Waals surface area contributed by atoms with Crippen LogP contribution in [-0.4, -0.2) is 12.1 Å². The molecule has 2 amide bonds. The highest BCUT2D eigenvalue weighted by atomic mass is 35.5. The summed E-state index contributed by atoms with van der Waals surface area (Å²) in [6, 6.07) is 3.98. The van der Waals surface area contributed by atoms with Gasteiger partial charge in [-0.2, -0.15) is 0 Å². The van der Waals surface area contributed by atoms with Gasteiger partial charge in [0, 0.05) is 11.1 Å². The summed E-state index contributed by atoms with van der Waals surface area (Å²) in [7, 11) is 0. The van der Waals surface area contributed by atoms with Gasteiger partial charge in [0.05, 0.1) is 5.69 Å². The SMILES string of the molecule is C[C@@H](NC(=O)Nc1ccc(Cl)cc1F)[C@@H]1C[C@H]2CC[C@H]1C2. The number of hydrogen-bond acceptors (Lipinski definition) is 1. The minimum Gasteiger partial charge on any atom is -0.335 e. The van der Waals surface area contributed by atoms with Crippen LogP contribution in [0.4, 0.5) is 14.9 Å². The van der Waals surface area contributed by atoms with Gasteiger partial charge in [0.25, 0.3) is 0 Å². The van der Waals surface area contributed by atoms with Gasteiger partial charge in [0.15, 0.2) is 0 Å². The Kier molecular flexibility index (Phi) is 4.07. The maximum Gasteiger partial charge on any atom is 0.319 e. The Morgan fingerprint density at radius 1 is 1.38 bits per heavy atom. The van der Waals surface area contributed by atoms with Crippen molar-refractivity contribution in [1.29, 1.82) is 0 Å². The Balaban J connectivity index is 1.56. The van der Waals surface area contributed by atoms with Gasteiger partial charge >= 0.3 is 6.03 Å². The van der Waals surface area contributed by atoms with E-state index in [-0.39, 0.29) is 17.8 Å². The first kappa shape index (κ1) is 14.6. The molecule has 0 aliphatic heterocycles. The highest BCUT2D eigenvalue weighted by Gasteiger charge is 2.42. The van der Waals surface area contributed by atoms with E-state index in [4.69, 9.17) is 11.6 Å². The molecule has 0 heterocycles. The lowest BCUT2D eigenvalue weighted by molar-refractivity contribution is 0.230. The molecular formula is C16H20ClFN2O. The number of halogens is 2. The summed E-state index contributed by atoms with van der Waals surface area (Å²) >= 11 is 5.69. The molecule has 0 spiro atoms. The Hall–Kier alpha value is -1.29. The van der Waals surface area contributed by atoms with Crippen LogP contribution in [0.3, 0.4) is 0 Å². The number of fused-ring (bicyclic) bond motifs is 2. The first-order chi connectivity index (χ1) is 10.0. The van der Waals surface area contributed by atoms with Crippen LogP contribution in [0.15, 0.2) is 18.2 Å². The predicted octanol–water partition coefficient (Wildman–Crippen LogP) is 4.43. The second kappa shape index (κ2) is 5.84. The van der Waals surface area contributed by atoms with Crippen molar-refractivity contribution in [2.45, 2.75) is 38.6 Å². The summed E-state index contributed by atoms with van der Waals surface area (Å²) in [4.78, 5) is 12.0. The third kappa shape index (κ3) is 3.15. The number of hydrogen-bond donors (Lipinski definition) is 2. The summed E-state index contributed by atoms with van der Waals surface area (Å²) in [5.74, 6) is 1.63. The number of rotatable bonds is 3. The normalized spacial score (nSPS) is 28.4. The number of benzene rings is 1. The lowest BCUT2D eigenvalue weighted by Gasteiger charge is -2.28. The smallest absolute Gasteiger partial charge is 0.319 e. The van der Waals surface area contributed by atoms with Crippen molar-refractivity contribution in [2.24, 2.45) is 17.8 Å². The van der Waals surface area contributed by atoms with Crippen LogP contribution in [0, 0.1) is 23.6 Å². The molecule has 4 atom stereocenters. The molecule has 2 fully saturated rings. The molecule has 3 rings (SSSR count). The van der Waals surface area contributed by atoms with Crippen LogP contribution in [0.1, 0.15) is 32.6 Å². The molecule has 0 saturated heterocycles. The monoisotopic (exact) mass is 310 g/mol. The van der Waals surface area contributed by atoms with Crippen molar-refractivity contribution in [3.63, 3.8) is 0 Å². The minimum absolute atomic E-state index is 0.121. The molecule has 0 unspecified atom stereocenters. The maximum absolute atomic E-state index is 13.6. The van der Waals surface area contributed by atoms with Gasteiger partial charge < -0.3 is 10.6 Å². The van der Waals surface area contributed by atoms with E-state index in [1.165, 1.54) is 37.8 Å². The zero-order valence-electron chi connectivity index (χ0n) is 12.0. The van der Waals surface area contributed by atoms with Crippen LogP contribution in [0.5, 0.6) is 0 Å². The van der Waals surface area contributed by atoms with Gasteiger partial charge in [-0.1, -0.05) is 18.0 Å². The van der Waals surface area contributed by atoms with E-state index in [1.54, 1.807) is 6.07 Å². The van der Waals surface area contributed by atoms with E-state index in [0.717, 1.165) is 11.8 Å². The highest BCUT2D eigenvalue weighted by Crippen LogP contribution is 2.49. The molecular weight excluding hydrogens is 291 g/mol. The van der Waals surface area contributed by atoms with Crippen molar-refractivity contribution < 1.29 is 9.18 Å². The molecule has 3 nitrogen and oxygen atoms in total. The maximum atomic E-state index is 13.6. The van der Waals surface area contributed by atoms with Crippen molar-refractivity contribution in [3.8, 4) is 0 Å². The van der Waals surface area contributed by atoms with E-state index < -0.39 is 5.82 Å². The zero-order chi connectivity index (χ0) is 15.0. The number of anilines is 1. The lowest BCUT2D eigenvalue weighted by atomic mass is 9.84. The molecule has 2 aliphatic rings. The van der Waals surface area contributed by atoms with E-state index in [1.807, 2.05) is 6.92 Å². The molecule has 2 N–H and O–H groups in total. The molecule has 2 bridgehead atoms. The average Bonchev–Trinajstić information content (AvgIpc) is 3.04. The van der Waals surface area contributed by atoms with Crippen LogP contribution < -0.4 is 10.6 Å². The molecule has 1 aromatic rings. The van der Waals surface area contributed by atoms with Crippen LogP contribution in [-0.2, 0) is 0 Å². The standard InChI is InChI=1S/C16H20ClFN2O/c1-9(13-7-10-2-3-11(13)6-10)19-16(21)20-15-5-4-12(17)8-14(15)18/h4-5,8-11,13H,2-3,6-7H2,1H3,(H2,19,20,21)/t9-,10+,11+,13+/m1/s1. The Bertz CT molecular complexity index is 551. The van der Waals surface area contributed by atoms with Crippen LogP contribution in [0.2, 0.25) is 5.02 Å². The third-order valence-corrected chi connectivity index (χ3v) is 5.21. The van der Waals surface area contributed by atoms with Crippen molar-refractivity contribution in [1.82, 2.24) is 5.32 Å².